The number of aromatic nitrogens is 4. The molecule has 1 aliphatic heterocycles. The molecular weight excluding hydrogens is 428 g/mol. The summed E-state index contributed by atoms with van der Waals surface area (Å²) >= 11 is 0. The minimum Gasteiger partial charge on any atom is -0.437 e. The number of amides is 1. The Morgan fingerprint density at radius 1 is 0.971 bits per heavy atom. The average molecular weight is 453 g/mol. The SMILES string of the molecule is Nc1ccc(-c2ccc(C(=O)N3CCCC(c4cncc(Oc5ccccc5)n4)C3)cn2)cn1. The van der Waals surface area contributed by atoms with Crippen molar-refractivity contribution in [3.63, 3.8) is 0 Å². The van der Waals surface area contributed by atoms with Crippen molar-refractivity contribution in [3.8, 4) is 22.9 Å². The van der Waals surface area contributed by atoms with Gasteiger partial charge < -0.3 is 15.4 Å². The molecule has 3 aromatic heterocycles. The summed E-state index contributed by atoms with van der Waals surface area (Å²) in [6, 6.07) is 16.7. The van der Waals surface area contributed by atoms with Crippen LogP contribution in [0.15, 0.2) is 79.4 Å². The summed E-state index contributed by atoms with van der Waals surface area (Å²) in [4.78, 5) is 32.6. The van der Waals surface area contributed by atoms with E-state index in [4.69, 9.17) is 10.5 Å². The Bertz CT molecular complexity index is 1260. The lowest BCUT2D eigenvalue weighted by Crippen LogP contribution is -2.39. The zero-order chi connectivity index (χ0) is 23.3. The molecule has 0 radical (unpaired) electrons. The highest BCUT2D eigenvalue weighted by atomic mass is 16.5. The molecule has 8 heteroatoms. The largest absolute Gasteiger partial charge is 0.437 e. The predicted molar refractivity (Wildman–Crippen MR) is 128 cm³/mol. The summed E-state index contributed by atoms with van der Waals surface area (Å²) < 4.78 is 5.83. The van der Waals surface area contributed by atoms with Gasteiger partial charge in [0.1, 0.15) is 11.6 Å². The summed E-state index contributed by atoms with van der Waals surface area (Å²) in [7, 11) is 0. The van der Waals surface area contributed by atoms with E-state index in [0.29, 0.717) is 36.1 Å². The van der Waals surface area contributed by atoms with Crippen LogP contribution in [0.5, 0.6) is 11.6 Å². The van der Waals surface area contributed by atoms with E-state index in [9.17, 15) is 4.79 Å². The fraction of sp³-hybridized carbons (Fsp3) is 0.192. The Labute approximate surface area is 197 Å². The van der Waals surface area contributed by atoms with Gasteiger partial charge in [-0.3, -0.25) is 14.8 Å². The number of para-hydroxylation sites is 1. The number of hydrogen-bond acceptors (Lipinski definition) is 7. The molecular formula is C26H24N6O2. The maximum atomic E-state index is 13.2. The number of nitrogens with two attached hydrogens (primary N) is 1. The van der Waals surface area contributed by atoms with E-state index in [0.717, 1.165) is 29.8 Å². The topological polar surface area (TPSA) is 107 Å². The zero-order valence-corrected chi connectivity index (χ0v) is 18.5. The van der Waals surface area contributed by atoms with Gasteiger partial charge in [0.15, 0.2) is 0 Å². The van der Waals surface area contributed by atoms with Crippen LogP contribution >= 0.6 is 0 Å². The van der Waals surface area contributed by atoms with Gasteiger partial charge in [-0.1, -0.05) is 18.2 Å². The molecule has 1 fully saturated rings. The van der Waals surface area contributed by atoms with E-state index in [2.05, 4.69) is 19.9 Å². The average Bonchev–Trinajstić information content (AvgIpc) is 2.90. The van der Waals surface area contributed by atoms with Crippen molar-refractivity contribution in [2.75, 3.05) is 18.8 Å². The molecule has 5 rings (SSSR count). The Kier molecular flexibility index (Phi) is 6.11. The van der Waals surface area contributed by atoms with Crippen molar-refractivity contribution < 1.29 is 9.53 Å². The van der Waals surface area contributed by atoms with Crippen molar-refractivity contribution in [2.45, 2.75) is 18.8 Å². The summed E-state index contributed by atoms with van der Waals surface area (Å²) in [6.07, 6.45) is 8.48. The number of ether oxygens (including phenoxy) is 1. The van der Waals surface area contributed by atoms with E-state index >= 15 is 0 Å². The number of pyridine rings is 2. The lowest BCUT2D eigenvalue weighted by atomic mass is 9.94. The number of nitrogen functional groups attached to an aromatic ring is 1. The first-order valence-corrected chi connectivity index (χ1v) is 11.2. The van der Waals surface area contributed by atoms with Crippen molar-refractivity contribution in [1.29, 1.82) is 0 Å². The summed E-state index contributed by atoms with van der Waals surface area (Å²) in [5.74, 6) is 1.67. The number of nitrogens with zero attached hydrogens (tertiary/aromatic N) is 5. The van der Waals surface area contributed by atoms with Crippen molar-refractivity contribution >= 4 is 11.7 Å². The quantitative estimate of drug-likeness (QED) is 0.480. The van der Waals surface area contributed by atoms with Gasteiger partial charge in [0, 0.05) is 43.2 Å². The van der Waals surface area contributed by atoms with Crippen LogP contribution in [0.25, 0.3) is 11.3 Å². The summed E-state index contributed by atoms with van der Waals surface area (Å²) in [5.41, 5.74) is 8.63. The standard InChI is InChI=1S/C26H24N6O2/c27-24-11-9-18(13-30-24)22-10-8-19(14-29-22)26(33)32-12-4-5-20(17-32)23-15-28-16-25(31-23)34-21-6-2-1-3-7-21/h1-3,6-11,13-16,20H,4-5,12,17H2,(H2,27,30). The Hall–Kier alpha value is -4.33. The van der Waals surface area contributed by atoms with Crippen LogP contribution in [-0.2, 0) is 0 Å². The zero-order valence-electron chi connectivity index (χ0n) is 18.5. The van der Waals surface area contributed by atoms with Crippen molar-refractivity contribution in [2.24, 2.45) is 0 Å². The number of hydrogen-bond donors (Lipinski definition) is 1. The molecule has 34 heavy (non-hydrogen) atoms. The minimum absolute atomic E-state index is 0.0381. The molecule has 1 aromatic carbocycles. The lowest BCUT2D eigenvalue weighted by Gasteiger charge is -2.32. The second-order valence-corrected chi connectivity index (χ2v) is 8.19. The highest BCUT2D eigenvalue weighted by molar-refractivity contribution is 5.94. The van der Waals surface area contributed by atoms with Gasteiger partial charge in [0.2, 0.25) is 5.88 Å². The first-order chi connectivity index (χ1) is 16.7. The highest BCUT2D eigenvalue weighted by Crippen LogP contribution is 2.28. The van der Waals surface area contributed by atoms with Crippen molar-refractivity contribution in [3.05, 3.63) is 90.6 Å². The highest BCUT2D eigenvalue weighted by Gasteiger charge is 2.27. The molecule has 4 aromatic rings. The molecule has 1 amide bonds. The Balaban J connectivity index is 1.27. The van der Waals surface area contributed by atoms with Crippen LogP contribution in [0.4, 0.5) is 5.82 Å². The monoisotopic (exact) mass is 452 g/mol. The number of carbonyl (C=O) groups is 1. The van der Waals surface area contributed by atoms with Gasteiger partial charge in [-0.05, 0) is 49.2 Å². The maximum Gasteiger partial charge on any atom is 0.255 e. The third-order valence-electron chi connectivity index (χ3n) is 5.82. The molecule has 0 saturated carbocycles. The molecule has 1 aliphatic rings. The van der Waals surface area contributed by atoms with Gasteiger partial charge in [-0.2, -0.15) is 0 Å². The molecule has 4 heterocycles. The van der Waals surface area contributed by atoms with Gasteiger partial charge in [-0.15, -0.1) is 0 Å². The van der Waals surface area contributed by atoms with E-state index in [1.165, 1.54) is 0 Å². The van der Waals surface area contributed by atoms with E-state index in [1.807, 2.05) is 47.4 Å². The molecule has 1 unspecified atom stereocenters. The molecule has 8 nitrogen and oxygen atoms in total. The normalized spacial score (nSPS) is 15.6. The minimum atomic E-state index is -0.0381. The van der Waals surface area contributed by atoms with Crippen LogP contribution in [0.2, 0.25) is 0 Å². The van der Waals surface area contributed by atoms with Crippen LogP contribution in [-0.4, -0.2) is 43.8 Å². The summed E-state index contributed by atoms with van der Waals surface area (Å²) in [6.45, 7) is 1.28. The number of likely N-dealkylation sites (tertiary alicyclic amines) is 1. The molecule has 0 spiro atoms. The van der Waals surface area contributed by atoms with E-state index in [1.54, 1.807) is 36.9 Å². The summed E-state index contributed by atoms with van der Waals surface area (Å²) in [5, 5.41) is 0. The first-order valence-electron chi connectivity index (χ1n) is 11.2. The number of anilines is 1. The van der Waals surface area contributed by atoms with Crippen LogP contribution in [0.3, 0.4) is 0 Å². The number of benzene rings is 1. The van der Waals surface area contributed by atoms with Crippen LogP contribution in [0.1, 0.15) is 34.8 Å². The molecule has 1 saturated heterocycles. The van der Waals surface area contributed by atoms with Gasteiger partial charge in [0.25, 0.3) is 5.91 Å². The van der Waals surface area contributed by atoms with Crippen LogP contribution < -0.4 is 10.5 Å². The Morgan fingerprint density at radius 2 is 1.85 bits per heavy atom. The lowest BCUT2D eigenvalue weighted by molar-refractivity contribution is 0.0705. The predicted octanol–water partition coefficient (Wildman–Crippen LogP) is 4.33. The third-order valence-corrected chi connectivity index (χ3v) is 5.82. The second-order valence-electron chi connectivity index (χ2n) is 8.19. The number of piperidine rings is 1. The molecule has 0 aliphatic carbocycles. The van der Waals surface area contributed by atoms with E-state index in [-0.39, 0.29) is 11.8 Å². The fourth-order valence-corrected chi connectivity index (χ4v) is 4.05. The smallest absolute Gasteiger partial charge is 0.255 e. The second kappa shape index (κ2) is 9.66. The Morgan fingerprint density at radius 3 is 2.62 bits per heavy atom. The molecule has 0 bridgehead atoms. The fourth-order valence-electron chi connectivity index (χ4n) is 4.05. The van der Waals surface area contributed by atoms with Gasteiger partial charge in [-0.25, -0.2) is 9.97 Å². The number of rotatable bonds is 5. The molecule has 170 valence electrons. The van der Waals surface area contributed by atoms with Gasteiger partial charge in [0.05, 0.1) is 23.1 Å². The molecule has 2 N–H and O–H groups in total. The van der Waals surface area contributed by atoms with Crippen molar-refractivity contribution in [1.82, 2.24) is 24.8 Å². The maximum absolute atomic E-state index is 13.2. The first kappa shape index (κ1) is 21.5. The number of carbonyl (C=O) groups excluding carboxylic acids is 1. The van der Waals surface area contributed by atoms with Gasteiger partial charge >= 0.3 is 0 Å². The van der Waals surface area contributed by atoms with Crippen LogP contribution in [0, 0.1) is 0 Å². The van der Waals surface area contributed by atoms with E-state index < -0.39 is 0 Å². The molecule has 1 atom stereocenters. The third kappa shape index (κ3) is 4.85.